The van der Waals surface area contributed by atoms with E-state index in [0.29, 0.717) is 10.8 Å². The van der Waals surface area contributed by atoms with Crippen molar-refractivity contribution < 1.29 is 0 Å². The van der Waals surface area contributed by atoms with Gasteiger partial charge in [-0.2, -0.15) is 0 Å². The van der Waals surface area contributed by atoms with Gasteiger partial charge in [0.1, 0.15) is 0 Å². The molecule has 0 saturated heterocycles. The molecule has 0 aromatic heterocycles. The smallest absolute Gasteiger partial charge is 0.0221 e. The lowest BCUT2D eigenvalue weighted by Gasteiger charge is -2.49. The van der Waals surface area contributed by atoms with E-state index in [1.54, 1.807) is 0 Å². The summed E-state index contributed by atoms with van der Waals surface area (Å²) in [5.74, 6) is 1.05. The molecule has 88 valence electrons. The highest BCUT2D eigenvalue weighted by atomic mass is 14.5. The molecule has 0 aromatic rings. The van der Waals surface area contributed by atoms with Crippen LogP contribution in [0.4, 0.5) is 0 Å². The average Bonchev–Trinajstić information content (AvgIpc) is 2.68. The van der Waals surface area contributed by atoms with Crippen LogP contribution >= 0.6 is 0 Å². The predicted molar refractivity (Wildman–Crippen MR) is 66.9 cm³/mol. The second kappa shape index (κ2) is 4.11. The van der Waals surface area contributed by atoms with E-state index in [-0.39, 0.29) is 0 Å². The molecule has 0 aliphatic heterocycles. The van der Waals surface area contributed by atoms with Gasteiger partial charge in [0, 0.05) is 0 Å². The van der Waals surface area contributed by atoms with E-state index in [9.17, 15) is 0 Å². The van der Waals surface area contributed by atoms with E-state index in [4.69, 9.17) is 0 Å². The predicted octanol–water partition coefficient (Wildman–Crippen LogP) is 5.17. The molecular weight excluding hydrogens is 180 g/mol. The fourth-order valence-electron chi connectivity index (χ4n) is 4.43. The Morgan fingerprint density at radius 3 is 1.80 bits per heavy atom. The van der Waals surface area contributed by atoms with E-state index in [1.165, 1.54) is 57.8 Å². The van der Waals surface area contributed by atoms with Gasteiger partial charge in [0.2, 0.25) is 0 Å². The molecule has 0 aromatic carbocycles. The molecule has 0 nitrogen and oxygen atoms in total. The summed E-state index contributed by atoms with van der Waals surface area (Å²) in [5.41, 5.74) is 1.24. The maximum absolute atomic E-state index is 2.49. The molecule has 0 radical (unpaired) electrons. The highest BCUT2D eigenvalue weighted by molar-refractivity contribution is 4.98. The lowest BCUT2D eigenvalue weighted by molar-refractivity contribution is 0.00184. The topological polar surface area (TPSA) is 0 Å². The van der Waals surface area contributed by atoms with E-state index >= 15 is 0 Å². The number of rotatable bonds is 1. The summed E-state index contributed by atoms with van der Waals surface area (Å²) >= 11 is 0. The Hall–Kier alpha value is 0. The first kappa shape index (κ1) is 11.5. The first-order valence-corrected chi connectivity index (χ1v) is 7.06. The van der Waals surface area contributed by atoms with Crippen molar-refractivity contribution in [2.45, 2.75) is 78.6 Å². The van der Waals surface area contributed by atoms with Crippen molar-refractivity contribution in [2.75, 3.05) is 0 Å². The highest BCUT2D eigenvalue weighted by Crippen LogP contribution is 2.59. The molecule has 2 aliphatic rings. The largest absolute Gasteiger partial charge is 0.0596 e. The van der Waals surface area contributed by atoms with Crippen LogP contribution in [0.15, 0.2) is 0 Å². The molecule has 2 aliphatic carbocycles. The van der Waals surface area contributed by atoms with Crippen LogP contribution in [0.5, 0.6) is 0 Å². The van der Waals surface area contributed by atoms with E-state index in [0.717, 1.165) is 5.92 Å². The molecule has 0 atom stereocenters. The number of hydrogen-bond donors (Lipinski definition) is 0. The monoisotopic (exact) mass is 208 g/mol. The molecule has 0 amide bonds. The normalized spacial score (nSPS) is 28.2. The Morgan fingerprint density at radius 1 is 0.800 bits per heavy atom. The van der Waals surface area contributed by atoms with Crippen LogP contribution in [0.3, 0.4) is 0 Å². The van der Waals surface area contributed by atoms with Gasteiger partial charge < -0.3 is 0 Å². The Labute approximate surface area is 95.8 Å². The van der Waals surface area contributed by atoms with Crippen molar-refractivity contribution in [1.82, 2.24) is 0 Å². The van der Waals surface area contributed by atoms with Crippen molar-refractivity contribution in [3.63, 3.8) is 0 Å². The van der Waals surface area contributed by atoms with Crippen LogP contribution in [-0.4, -0.2) is 0 Å². The molecule has 0 heterocycles. The quantitative estimate of drug-likeness (QED) is 0.557. The first-order chi connectivity index (χ1) is 7.06. The summed E-state index contributed by atoms with van der Waals surface area (Å²) in [6, 6.07) is 0. The first-order valence-electron chi connectivity index (χ1n) is 7.06. The van der Waals surface area contributed by atoms with Crippen LogP contribution in [0, 0.1) is 16.7 Å². The SMILES string of the molecule is CC(C)(C)C1(C2CCCCC2)CCCC1. The van der Waals surface area contributed by atoms with Gasteiger partial charge in [-0.05, 0) is 42.4 Å². The van der Waals surface area contributed by atoms with Crippen LogP contribution in [0.25, 0.3) is 0 Å². The lowest BCUT2D eigenvalue weighted by Crippen LogP contribution is -2.41. The third-order valence-corrected chi connectivity index (χ3v) is 5.38. The third-order valence-electron chi connectivity index (χ3n) is 5.38. The van der Waals surface area contributed by atoms with Gasteiger partial charge in [-0.25, -0.2) is 0 Å². The average molecular weight is 208 g/mol. The zero-order chi connectivity index (χ0) is 10.9. The summed E-state index contributed by atoms with van der Waals surface area (Å²) in [5, 5.41) is 0. The minimum absolute atomic E-state index is 0.533. The summed E-state index contributed by atoms with van der Waals surface area (Å²) < 4.78 is 0. The van der Waals surface area contributed by atoms with Gasteiger partial charge in [0.15, 0.2) is 0 Å². The molecule has 2 saturated carbocycles. The molecular formula is C15H28. The zero-order valence-electron chi connectivity index (χ0n) is 10.9. The van der Waals surface area contributed by atoms with Gasteiger partial charge in [0.25, 0.3) is 0 Å². The van der Waals surface area contributed by atoms with Crippen LogP contribution in [0.1, 0.15) is 78.6 Å². The van der Waals surface area contributed by atoms with Crippen molar-refractivity contribution >= 4 is 0 Å². The van der Waals surface area contributed by atoms with E-state index < -0.39 is 0 Å². The minimum atomic E-state index is 0.533. The van der Waals surface area contributed by atoms with Crippen molar-refractivity contribution in [1.29, 1.82) is 0 Å². The fraction of sp³-hybridized carbons (Fsp3) is 1.00. The van der Waals surface area contributed by atoms with Crippen molar-refractivity contribution in [2.24, 2.45) is 16.7 Å². The molecule has 2 rings (SSSR count). The van der Waals surface area contributed by atoms with E-state index in [2.05, 4.69) is 20.8 Å². The molecule has 0 heteroatoms. The van der Waals surface area contributed by atoms with Gasteiger partial charge in [-0.3, -0.25) is 0 Å². The zero-order valence-corrected chi connectivity index (χ0v) is 10.9. The molecule has 0 N–H and O–H groups in total. The third kappa shape index (κ3) is 1.97. The van der Waals surface area contributed by atoms with E-state index in [1.807, 2.05) is 0 Å². The molecule has 15 heavy (non-hydrogen) atoms. The summed E-state index contributed by atoms with van der Waals surface area (Å²) in [6.07, 6.45) is 13.6. The minimum Gasteiger partial charge on any atom is -0.0596 e. The van der Waals surface area contributed by atoms with Crippen LogP contribution in [0.2, 0.25) is 0 Å². The maximum Gasteiger partial charge on any atom is -0.0221 e. The molecule has 2 fully saturated rings. The summed E-state index contributed by atoms with van der Waals surface area (Å²) in [6.45, 7) is 7.48. The Bertz CT molecular complexity index is 197. The van der Waals surface area contributed by atoms with Crippen LogP contribution < -0.4 is 0 Å². The van der Waals surface area contributed by atoms with Crippen LogP contribution in [-0.2, 0) is 0 Å². The maximum atomic E-state index is 2.49. The van der Waals surface area contributed by atoms with Gasteiger partial charge in [-0.15, -0.1) is 0 Å². The molecule has 0 unspecified atom stereocenters. The molecule has 0 bridgehead atoms. The Kier molecular flexibility index (Phi) is 3.14. The lowest BCUT2D eigenvalue weighted by atomic mass is 9.55. The standard InChI is InChI=1S/C15H28/c1-14(2,3)15(11-7-8-12-15)13-9-5-4-6-10-13/h13H,4-12H2,1-3H3. The second-order valence-electron chi connectivity index (χ2n) is 6.95. The summed E-state index contributed by atoms with van der Waals surface area (Å²) in [7, 11) is 0. The van der Waals surface area contributed by atoms with Gasteiger partial charge >= 0.3 is 0 Å². The number of hydrogen-bond acceptors (Lipinski definition) is 0. The highest BCUT2D eigenvalue weighted by Gasteiger charge is 2.48. The van der Waals surface area contributed by atoms with Gasteiger partial charge in [0.05, 0.1) is 0 Å². The Morgan fingerprint density at radius 2 is 1.33 bits per heavy atom. The Balaban J connectivity index is 2.17. The summed E-state index contributed by atoms with van der Waals surface area (Å²) in [4.78, 5) is 0. The second-order valence-corrected chi connectivity index (χ2v) is 6.95. The molecule has 0 spiro atoms. The van der Waals surface area contributed by atoms with Crippen molar-refractivity contribution in [3.8, 4) is 0 Å². The van der Waals surface area contributed by atoms with Crippen molar-refractivity contribution in [3.05, 3.63) is 0 Å². The van der Waals surface area contributed by atoms with Gasteiger partial charge in [-0.1, -0.05) is 52.9 Å². The fourth-order valence-corrected chi connectivity index (χ4v) is 4.43.